The minimum atomic E-state index is -0.314. The van der Waals surface area contributed by atoms with E-state index in [1.807, 2.05) is 48.5 Å². The number of halogens is 1. The fraction of sp³-hybridized carbons (Fsp3) is 0.0625. The Balaban J connectivity index is 1.18. The molecule has 0 bridgehead atoms. The topological polar surface area (TPSA) is 51.8 Å². The van der Waals surface area contributed by atoms with Crippen LogP contribution in [0.3, 0.4) is 0 Å². The molecule has 2 heterocycles. The average Bonchev–Trinajstić information content (AvgIpc) is 3.61. The van der Waals surface area contributed by atoms with Crippen LogP contribution in [0, 0.1) is 5.82 Å². The summed E-state index contributed by atoms with van der Waals surface area (Å²) in [5, 5.41) is 2.00. The molecule has 0 saturated carbocycles. The largest absolute Gasteiger partial charge is 0.455 e. The molecule has 0 N–H and O–H groups in total. The van der Waals surface area contributed by atoms with Gasteiger partial charge in [0, 0.05) is 38.9 Å². The van der Waals surface area contributed by atoms with Crippen molar-refractivity contribution < 1.29 is 8.81 Å². The van der Waals surface area contributed by atoms with E-state index >= 15 is 0 Å². The third kappa shape index (κ3) is 6.61. The van der Waals surface area contributed by atoms with Gasteiger partial charge >= 0.3 is 0 Å². The third-order valence-electron chi connectivity index (χ3n) is 9.90. The summed E-state index contributed by atoms with van der Waals surface area (Å²) in [6.07, 6.45) is 1.98. The van der Waals surface area contributed by atoms with Gasteiger partial charge in [-0.3, -0.25) is 0 Å². The van der Waals surface area contributed by atoms with Crippen molar-refractivity contribution in [3.8, 4) is 45.3 Å². The molecule has 4 nitrogen and oxygen atoms in total. The molecule has 0 spiro atoms. The first-order valence-corrected chi connectivity index (χ1v) is 17.9. The van der Waals surface area contributed by atoms with Crippen LogP contribution in [-0.4, -0.2) is 15.0 Å². The lowest BCUT2D eigenvalue weighted by Gasteiger charge is -2.19. The number of aromatic nitrogens is 3. The Morgan fingerprint density at radius 2 is 1.02 bits per heavy atom. The van der Waals surface area contributed by atoms with Gasteiger partial charge in [0.1, 0.15) is 17.0 Å². The van der Waals surface area contributed by atoms with Gasteiger partial charge in [0.25, 0.3) is 0 Å². The summed E-state index contributed by atoms with van der Waals surface area (Å²) >= 11 is 0. The van der Waals surface area contributed by atoms with Crippen LogP contribution in [0.4, 0.5) is 4.39 Å². The summed E-state index contributed by atoms with van der Waals surface area (Å²) in [5.74, 6) is 1.47. The summed E-state index contributed by atoms with van der Waals surface area (Å²) in [6, 6.07) is 58.8. The van der Waals surface area contributed by atoms with E-state index in [4.69, 9.17) is 19.4 Å². The van der Waals surface area contributed by atoms with Gasteiger partial charge in [-0.05, 0) is 77.6 Å². The number of benzene rings is 7. The van der Waals surface area contributed by atoms with Crippen molar-refractivity contribution in [1.29, 1.82) is 0 Å². The van der Waals surface area contributed by atoms with Gasteiger partial charge in [-0.1, -0.05) is 133 Å². The predicted octanol–water partition coefficient (Wildman–Crippen LogP) is 12.3. The lowest BCUT2D eigenvalue weighted by atomic mass is 9.85. The summed E-state index contributed by atoms with van der Waals surface area (Å²) in [5.41, 5.74) is 9.92. The molecule has 9 rings (SSSR count). The maximum atomic E-state index is 13.9. The minimum Gasteiger partial charge on any atom is -0.455 e. The van der Waals surface area contributed by atoms with Crippen molar-refractivity contribution in [1.82, 2.24) is 15.0 Å². The highest BCUT2D eigenvalue weighted by Gasteiger charge is 2.20. The Labute approximate surface area is 307 Å². The number of fused-ring (bicyclic) bond motifs is 3. The third-order valence-corrected chi connectivity index (χ3v) is 9.90. The first-order valence-electron chi connectivity index (χ1n) is 17.9. The second-order valence-electron chi connectivity index (χ2n) is 13.3. The van der Waals surface area contributed by atoms with Gasteiger partial charge in [0.05, 0.1) is 0 Å². The highest BCUT2D eigenvalue weighted by molar-refractivity contribution is 6.11. The number of rotatable bonds is 9. The van der Waals surface area contributed by atoms with Gasteiger partial charge in [-0.2, -0.15) is 0 Å². The van der Waals surface area contributed by atoms with Gasteiger partial charge in [0.2, 0.25) is 0 Å². The summed E-state index contributed by atoms with van der Waals surface area (Å²) in [4.78, 5) is 14.8. The van der Waals surface area contributed by atoms with E-state index in [-0.39, 0.29) is 11.7 Å². The summed E-state index contributed by atoms with van der Waals surface area (Å²) in [7, 11) is 0. The Kier molecular flexibility index (Phi) is 8.58. The Bertz CT molecular complexity index is 2660. The lowest BCUT2D eigenvalue weighted by molar-refractivity contribution is 0.628. The molecule has 0 saturated heterocycles. The quantitative estimate of drug-likeness (QED) is 0.152. The number of aryl methyl sites for hydroxylation is 1. The standard InChI is InChI=1S/C48H34FN3O/c49-39-27-25-37(26-28-39)47-50-46(36-16-8-3-9-17-36)51-48(52-47)38-30-42(45-43(31-38)41-18-10-11-19-44(41)53-45)35-23-21-34(22-24-35)40(33-14-6-2-7-15-33)29-20-32-12-4-1-5-13-32/h1-19,21-28,30-31,40H,20,29H2. The Morgan fingerprint density at radius 1 is 0.472 bits per heavy atom. The average molecular weight is 688 g/mol. The van der Waals surface area contributed by atoms with E-state index in [0.717, 1.165) is 57.0 Å². The molecule has 0 aliphatic carbocycles. The van der Waals surface area contributed by atoms with Crippen LogP contribution in [0.25, 0.3) is 67.2 Å². The SMILES string of the molecule is Fc1ccc(-c2nc(-c3ccccc3)nc(-c3cc(-c4ccc(C(CCc5ccccc5)c5ccccc5)cc4)c4oc5ccccc5c4c3)n2)cc1. The fourth-order valence-corrected chi connectivity index (χ4v) is 7.18. The molecule has 1 atom stereocenters. The molecular formula is C48H34FN3O. The molecule has 0 radical (unpaired) electrons. The summed E-state index contributed by atoms with van der Waals surface area (Å²) < 4.78 is 20.5. The zero-order valence-corrected chi connectivity index (χ0v) is 28.9. The van der Waals surface area contributed by atoms with Gasteiger partial charge in [0.15, 0.2) is 17.5 Å². The summed E-state index contributed by atoms with van der Waals surface area (Å²) in [6.45, 7) is 0. The molecule has 2 aromatic heterocycles. The predicted molar refractivity (Wildman–Crippen MR) is 212 cm³/mol. The van der Waals surface area contributed by atoms with Crippen molar-refractivity contribution in [2.45, 2.75) is 18.8 Å². The molecular weight excluding hydrogens is 654 g/mol. The van der Waals surface area contributed by atoms with E-state index in [9.17, 15) is 4.39 Å². The van der Waals surface area contributed by atoms with E-state index < -0.39 is 0 Å². The molecule has 0 amide bonds. The van der Waals surface area contributed by atoms with Crippen LogP contribution in [0.15, 0.2) is 180 Å². The van der Waals surface area contributed by atoms with E-state index in [0.29, 0.717) is 23.0 Å². The molecule has 0 aliphatic rings. The number of hydrogen-bond donors (Lipinski definition) is 0. The molecule has 1 unspecified atom stereocenters. The van der Waals surface area contributed by atoms with Crippen LogP contribution in [0.2, 0.25) is 0 Å². The van der Waals surface area contributed by atoms with Crippen LogP contribution in [0.5, 0.6) is 0 Å². The maximum Gasteiger partial charge on any atom is 0.164 e. The van der Waals surface area contributed by atoms with Gasteiger partial charge in [-0.15, -0.1) is 0 Å². The molecule has 9 aromatic rings. The first-order chi connectivity index (χ1) is 26.2. The molecule has 53 heavy (non-hydrogen) atoms. The lowest BCUT2D eigenvalue weighted by Crippen LogP contribution is -2.03. The highest BCUT2D eigenvalue weighted by Crippen LogP contribution is 2.40. The van der Waals surface area contributed by atoms with Crippen molar-refractivity contribution in [3.05, 3.63) is 198 Å². The van der Waals surface area contributed by atoms with Crippen molar-refractivity contribution in [2.75, 3.05) is 0 Å². The van der Waals surface area contributed by atoms with Crippen molar-refractivity contribution >= 4 is 21.9 Å². The van der Waals surface area contributed by atoms with Crippen molar-refractivity contribution in [2.24, 2.45) is 0 Å². The Morgan fingerprint density at radius 3 is 1.72 bits per heavy atom. The van der Waals surface area contributed by atoms with Crippen LogP contribution in [0.1, 0.15) is 29.0 Å². The molecule has 5 heteroatoms. The monoisotopic (exact) mass is 687 g/mol. The van der Waals surface area contributed by atoms with E-state index in [1.165, 1.54) is 28.8 Å². The van der Waals surface area contributed by atoms with E-state index in [1.54, 1.807) is 12.1 Å². The zero-order valence-electron chi connectivity index (χ0n) is 28.9. The number of furan rings is 1. The normalized spacial score (nSPS) is 11.9. The molecule has 0 fully saturated rings. The zero-order chi connectivity index (χ0) is 35.6. The second-order valence-corrected chi connectivity index (χ2v) is 13.3. The second kappa shape index (κ2) is 14.1. The maximum absolute atomic E-state index is 13.9. The number of hydrogen-bond acceptors (Lipinski definition) is 4. The number of para-hydroxylation sites is 1. The van der Waals surface area contributed by atoms with Crippen LogP contribution >= 0.6 is 0 Å². The fourth-order valence-electron chi connectivity index (χ4n) is 7.18. The number of nitrogens with zero attached hydrogens (tertiary/aromatic N) is 3. The Hall–Kier alpha value is -6.72. The van der Waals surface area contributed by atoms with Gasteiger partial charge < -0.3 is 4.42 Å². The minimum absolute atomic E-state index is 0.245. The molecule has 0 aliphatic heterocycles. The molecule has 7 aromatic carbocycles. The first kappa shape index (κ1) is 32.2. The van der Waals surface area contributed by atoms with E-state index in [2.05, 4.69) is 103 Å². The molecule has 254 valence electrons. The van der Waals surface area contributed by atoms with Crippen LogP contribution in [-0.2, 0) is 6.42 Å². The van der Waals surface area contributed by atoms with Crippen LogP contribution < -0.4 is 0 Å². The van der Waals surface area contributed by atoms with Gasteiger partial charge in [-0.25, -0.2) is 19.3 Å². The highest BCUT2D eigenvalue weighted by atomic mass is 19.1. The smallest absolute Gasteiger partial charge is 0.164 e. The van der Waals surface area contributed by atoms with Crippen molar-refractivity contribution in [3.63, 3.8) is 0 Å².